The van der Waals surface area contributed by atoms with Crippen LogP contribution in [-0.2, 0) is 21.9 Å². The normalized spacial score (nSPS) is 14.8. The van der Waals surface area contributed by atoms with Crippen molar-refractivity contribution in [2.75, 3.05) is 5.75 Å². The number of halogens is 3. The number of carbonyl (C=O) groups excluding carboxylic acids is 2. The average Bonchev–Trinajstić information content (AvgIpc) is 3.29. The van der Waals surface area contributed by atoms with Gasteiger partial charge in [-0.3, -0.25) is 9.59 Å². The first-order valence-electron chi connectivity index (χ1n) is 11.2. The highest BCUT2D eigenvalue weighted by atomic mass is 35.5. The summed E-state index contributed by atoms with van der Waals surface area (Å²) in [6.45, 7) is 2.10. The molecule has 0 saturated heterocycles. The third-order valence-electron chi connectivity index (χ3n) is 5.88. The van der Waals surface area contributed by atoms with E-state index >= 15 is 0 Å². The number of amides is 2. The number of nitrogens with one attached hydrogen (secondary N) is 1. The summed E-state index contributed by atoms with van der Waals surface area (Å²) >= 11 is 13.7. The van der Waals surface area contributed by atoms with Gasteiger partial charge in [0.05, 0.1) is 5.75 Å². The van der Waals surface area contributed by atoms with Crippen molar-refractivity contribution in [2.45, 2.75) is 63.4 Å². The monoisotopic (exact) mass is 510 g/mol. The predicted octanol–water partition coefficient (Wildman–Crippen LogP) is 6.23. The van der Waals surface area contributed by atoms with Gasteiger partial charge in [0.2, 0.25) is 11.8 Å². The molecule has 0 aliphatic heterocycles. The van der Waals surface area contributed by atoms with Gasteiger partial charge in [0.25, 0.3) is 0 Å². The van der Waals surface area contributed by atoms with E-state index in [2.05, 4.69) is 5.32 Å². The van der Waals surface area contributed by atoms with Crippen molar-refractivity contribution in [1.82, 2.24) is 10.2 Å². The van der Waals surface area contributed by atoms with E-state index in [-0.39, 0.29) is 36.0 Å². The van der Waals surface area contributed by atoms with Crippen LogP contribution in [0.15, 0.2) is 42.5 Å². The number of nitrogens with zero attached hydrogens (tertiary/aromatic N) is 1. The summed E-state index contributed by atoms with van der Waals surface area (Å²) < 4.78 is 13.9. The van der Waals surface area contributed by atoms with Crippen LogP contribution >= 0.6 is 35.0 Å². The van der Waals surface area contributed by atoms with Gasteiger partial charge in [0.15, 0.2) is 0 Å². The number of carbonyl (C=O) groups is 2. The Morgan fingerprint density at radius 1 is 1.15 bits per heavy atom. The van der Waals surface area contributed by atoms with E-state index in [0.717, 1.165) is 31.2 Å². The molecule has 3 rings (SSSR count). The second-order valence-electron chi connectivity index (χ2n) is 8.26. The molecule has 4 nitrogen and oxygen atoms in total. The molecule has 178 valence electrons. The lowest BCUT2D eigenvalue weighted by atomic mass is 10.1. The molecule has 1 atom stereocenters. The maximum absolute atomic E-state index is 13.9. The minimum absolute atomic E-state index is 0.132. The zero-order valence-electron chi connectivity index (χ0n) is 18.7. The second-order valence-corrected chi connectivity index (χ2v) is 10.1. The predicted molar refractivity (Wildman–Crippen MR) is 134 cm³/mol. The summed E-state index contributed by atoms with van der Waals surface area (Å²) in [6.07, 6.45) is 4.64. The summed E-state index contributed by atoms with van der Waals surface area (Å²) in [6, 6.07) is 11.2. The van der Waals surface area contributed by atoms with E-state index in [1.165, 1.54) is 17.8 Å². The number of thioether (sulfide) groups is 1. The molecule has 8 heteroatoms. The highest BCUT2D eigenvalue weighted by molar-refractivity contribution is 7.99. The van der Waals surface area contributed by atoms with E-state index in [1.54, 1.807) is 41.3 Å². The molecule has 1 N–H and O–H groups in total. The molecule has 0 heterocycles. The van der Waals surface area contributed by atoms with Crippen molar-refractivity contribution in [1.29, 1.82) is 0 Å². The Labute approximate surface area is 209 Å². The molecule has 0 aromatic heterocycles. The fourth-order valence-corrected chi connectivity index (χ4v) is 5.43. The molecule has 0 spiro atoms. The van der Waals surface area contributed by atoms with E-state index in [9.17, 15) is 14.0 Å². The first-order valence-corrected chi connectivity index (χ1v) is 13.1. The zero-order valence-corrected chi connectivity index (χ0v) is 21.0. The maximum atomic E-state index is 13.9. The van der Waals surface area contributed by atoms with Crippen LogP contribution in [-0.4, -0.2) is 34.6 Å². The molecule has 2 aromatic carbocycles. The molecule has 2 aromatic rings. The number of rotatable bonds is 10. The lowest BCUT2D eigenvalue weighted by Gasteiger charge is -2.31. The molecular weight excluding hydrogens is 482 g/mol. The van der Waals surface area contributed by atoms with Crippen molar-refractivity contribution in [2.24, 2.45) is 0 Å². The van der Waals surface area contributed by atoms with Crippen LogP contribution < -0.4 is 5.32 Å². The molecule has 0 bridgehead atoms. The molecule has 1 aliphatic rings. The third kappa shape index (κ3) is 7.36. The van der Waals surface area contributed by atoms with Gasteiger partial charge in [-0.05, 0) is 48.6 Å². The number of benzene rings is 2. The molecule has 1 saturated carbocycles. The summed E-state index contributed by atoms with van der Waals surface area (Å²) in [4.78, 5) is 28.0. The summed E-state index contributed by atoms with van der Waals surface area (Å²) in [5.74, 6) is -0.103. The van der Waals surface area contributed by atoms with Gasteiger partial charge in [-0.25, -0.2) is 4.39 Å². The van der Waals surface area contributed by atoms with Crippen LogP contribution in [0, 0.1) is 5.82 Å². The van der Waals surface area contributed by atoms with Gasteiger partial charge < -0.3 is 10.2 Å². The van der Waals surface area contributed by atoms with Crippen LogP contribution in [0.5, 0.6) is 0 Å². The van der Waals surface area contributed by atoms with E-state index in [0.29, 0.717) is 27.8 Å². The lowest BCUT2D eigenvalue weighted by Crippen LogP contribution is -2.51. The molecule has 33 heavy (non-hydrogen) atoms. The minimum atomic E-state index is -0.612. The summed E-state index contributed by atoms with van der Waals surface area (Å²) in [5.41, 5.74) is 1.27. The number of hydrogen-bond donors (Lipinski definition) is 1. The summed E-state index contributed by atoms with van der Waals surface area (Å²) in [7, 11) is 0. The van der Waals surface area contributed by atoms with Crippen LogP contribution in [0.2, 0.25) is 10.0 Å². The maximum Gasteiger partial charge on any atom is 0.243 e. The van der Waals surface area contributed by atoms with Crippen molar-refractivity contribution < 1.29 is 14.0 Å². The Kier molecular flexibility index (Phi) is 9.90. The Bertz CT molecular complexity index is 969. The first-order chi connectivity index (χ1) is 15.9. The fourth-order valence-electron chi connectivity index (χ4n) is 4.07. The Hall–Kier alpha value is -1.76. The van der Waals surface area contributed by atoms with Crippen LogP contribution in [0.1, 0.15) is 50.2 Å². The van der Waals surface area contributed by atoms with E-state index in [1.807, 2.05) is 6.92 Å². The van der Waals surface area contributed by atoms with Gasteiger partial charge in [0.1, 0.15) is 11.9 Å². The highest BCUT2D eigenvalue weighted by Crippen LogP contribution is 2.25. The Morgan fingerprint density at radius 3 is 2.55 bits per heavy atom. The first kappa shape index (κ1) is 25.9. The fraction of sp³-hybridized carbons (Fsp3) is 0.440. The van der Waals surface area contributed by atoms with Crippen LogP contribution in [0.3, 0.4) is 0 Å². The van der Waals surface area contributed by atoms with Crippen LogP contribution in [0.4, 0.5) is 4.39 Å². The van der Waals surface area contributed by atoms with E-state index < -0.39 is 6.04 Å². The van der Waals surface area contributed by atoms with Crippen molar-refractivity contribution >= 4 is 46.8 Å². The topological polar surface area (TPSA) is 49.4 Å². The molecule has 0 unspecified atom stereocenters. The molecule has 1 aliphatic carbocycles. The number of hydrogen-bond acceptors (Lipinski definition) is 3. The molecule has 2 amide bonds. The quantitative estimate of drug-likeness (QED) is 0.411. The van der Waals surface area contributed by atoms with Crippen molar-refractivity contribution in [3.05, 3.63) is 69.5 Å². The minimum Gasteiger partial charge on any atom is -0.352 e. The van der Waals surface area contributed by atoms with Gasteiger partial charge in [-0.1, -0.05) is 67.2 Å². The Morgan fingerprint density at radius 2 is 1.88 bits per heavy atom. The largest absolute Gasteiger partial charge is 0.352 e. The van der Waals surface area contributed by atoms with Crippen LogP contribution in [0.25, 0.3) is 0 Å². The zero-order chi connectivity index (χ0) is 23.8. The average molecular weight is 511 g/mol. The van der Waals surface area contributed by atoms with E-state index in [4.69, 9.17) is 23.2 Å². The molecule has 1 fully saturated rings. The Balaban J connectivity index is 1.74. The second kappa shape index (κ2) is 12.6. The SMILES string of the molecule is CC[C@H](C(=O)NC1CCCC1)N(Cc1ccc(Cl)cc1Cl)C(=O)CSCc1ccccc1F. The smallest absolute Gasteiger partial charge is 0.243 e. The lowest BCUT2D eigenvalue weighted by molar-refractivity contribution is -0.139. The van der Waals surface area contributed by atoms with Gasteiger partial charge in [0, 0.05) is 28.4 Å². The third-order valence-corrected chi connectivity index (χ3v) is 7.44. The summed E-state index contributed by atoms with van der Waals surface area (Å²) in [5, 5.41) is 4.08. The molecule has 0 radical (unpaired) electrons. The van der Waals surface area contributed by atoms with Crippen molar-refractivity contribution in [3.8, 4) is 0 Å². The van der Waals surface area contributed by atoms with Crippen molar-refractivity contribution in [3.63, 3.8) is 0 Å². The van der Waals surface area contributed by atoms with Gasteiger partial charge in [-0.15, -0.1) is 11.8 Å². The van der Waals surface area contributed by atoms with Gasteiger partial charge in [-0.2, -0.15) is 0 Å². The highest BCUT2D eigenvalue weighted by Gasteiger charge is 2.31. The van der Waals surface area contributed by atoms with Gasteiger partial charge >= 0.3 is 0 Å². The standard InChI is InChI=1S/C25H29Cl2FN2O2S/c1-2-23(25(32)29-20-8-4-5-9-20)30(14-17-11-12-19(26)13-21(17)27)24(31)16-33-15-18-7-3-6-10-22(18)28/h3,6-7,10-13,20,23H,2,4-5,8-9,14-16H2,1H3,(H,29,32)/t23-/m1/s1. The molecular formula is C25H29Cl2FN2O2S.